The second-order valence-electron chi connectivity index (χ2n) is 10.5. The Kier molecular flexibility index (Phi) is 7.06. The lowest BCUT2D eigenvalue weighted by atomic mass is 10.1. The van der Waals surface area contributed by atoms with Crippen LogP contribution in [0.1, 0.15) is 55.9 Å². The van der Waals surface area contributed by atoms with Crippen LogP contribution in [0, 0.1) is 17.1 Å². The third-order valence-corrected chi connectivity index (χ3v) is 7.34. The number of ether oxygens (including phenoxy) is 2. The van der Waals surface area contributed by atoms with Gasteiger partial charge >= 0.3 is 6.09 Å². The van der Waals surface area contributed by atoms with E-state index in [1.165, 1.54) is 12.1 Å². The average molecular weight is 553 g/mol. The quantitative estimate of drug-likeness (QED) is 0.243. The summed E-state index contributed by atoms with van der Waals surface area (Å²) in [7, 11) is 0. The zero-order valence-corrected chi connectivity index (χ0v) is 22.5. The fourth-order valence-corrected chi connectivity index (χ4v) is 4.96. The zero-order valence-electron chi connectivity index (χ0n) is 22.5. The summed E-state index contributed by atoms with van der Waals surface area (Å²) < 4.78 is 26.6. The first-order valence-corrected chi connectivity index (χ1v) is 13.7. The molecule has 1 aromatic heterocycles. The number of hydrogen-bond acceptors (Lipinski definition) is 5. The largest absolute Gasteiger partial charge is 0.484 e. The first kappa shape index (κ1) is 26.4. The SMILES string of the molecule is CC(OC(=O)Nc1ccc(-c2c(C#N)c3ccc(OCC(=O)NC4CC4)cc3n2C2CC2)cc1)c1ccc(F)cc1. The number of fused-ring (bicyclic) bond motifs is 1. The van der Waals surface area contributed by atoms with Gasteiger partial charge in [-0.05, 0) is 80.1 Å². The van der Waals surface area contributed by atoms with Crippen LogP contribution >= 0.6 is 0 Å². The second kappa shape index (κ2) is 11.0. The summed E-state index contributed by atoms with van der Waals surface area (Å²) >= 11 is 0. The lowest BCUT2D eigenvalue weighted by Gasteiger charge is -2.15. The van der Waals surface area contributed by atoms with E-state index in [0.717, 1.165) is 47.8 Å². The molecule has 6 rings (SSSR count). The van der Waals surface area contributed by atoms with Crippen molar-refractivity contribution in [3.05, 3.63) is 83.7 Å². The minimum Gasteiger partial charge on any atom is -0.484 e. The van der Waals surface area contributed by atoms with Gasteiger partial charge < -0.3 is 19.4 Å². The molecule has 2 amide bonds. The van der Waals surface area contributed by atoms with Crippen molar-refractivity contribution in [2.45, 2.75) is 50.8 Å². The van der Waals surface area contributed by atoms with Crippen LogP contribution in [-0.2, 0) is 9.53 Å². The first-order valence-electron chi connectivity index (χ1n) is 13.7. The molecule has 0 radical (unpaired) electrons. The summed E-state index contributed by atoms with van der Waals surface area (Å²) in [5.74, 6) is 0.0885. The lowest BCUT2D eigenvalue weighted by molar-refractivity contribution is -0.123. The van der Waals surface area contributed by atoms with Crippen LogP contribution in [0.25, 0.3) is 22.2 Å². The van der Waals surface area contributed by atoms with Gasteiger partial charge in [0, 0.05) is 29.2 Å². The molecule has 3 aromatic carbocycles. The third-order valence-electron chi connectivity index (χ3n) is 7.34. The Hall–Kier alpha value is -4.84. The summed E-state index contributed by atoms with van der Waals surface area (Å²) in [5.41, 5.74) is 4.34. The van der Waals surface area contributed by atoms with Crippen LogP contribution < -0.4 is 15.4 Å². The van der Waals surface area contributed by atoms with Crippen molar-refractivity contribution in [3.8, 4) is 23.1 Å². The fourth-order valence-electron chi connectivity index (χ4n) is 4.96. The van der Waals surface area contributed by atoms with E-state index in [9.17, 15) is 19.2 Å². The number of anilines is 1. The van der Waals surface area contributed by atoms with E-state index in [2.05, 4.69) is 21.3 Å². The highest BCUT2D eigenvalue weighted by Gasteiger charge is 2.31. The number of benzene rings is 3. The summed E-state index contributed by atoms with van der Waals surface area (Å²) in [6.07, 6.45) is 2.87. The molecule has 41 heavy (non-hydrogen) atoms. The Balaban J connectivity index is 1.21. The van der Waals surface area contributed by atoms with Crippen LogP contribution in [0.3, 0.4) is 0 Å². The highest BCUT2D eigenvalue weighted by Crippen LogP contribution is 2.45. The smallest absolute Gasteiger partial charge is 0.412 e. The second-order valence-corrected chi connectivity index (χ2v) is 10.5. The molecule has 1 atom stereocenters. The number of aromatic nitrogens is 1. The van der Waals surface area contributed by atoms with Gasteiger partial charge in [0.15, 0.2) is 6.61 Å². The summed E-state index contributed by atoms with van der Waals surface area (Å²) in [5, 5.41) is 16.6. The number of nitrogens with one attached hydrogen (secondary N) is 2. The van der Waals surface area contributed by atoms with Crippen molar-refractivity contribution in [3.63, 3.8) is 0 Å². The topological polar surface area (TPSA) is 105 Å². The van der Waals surface area contributed by atoms with E-state index in [1.54, 1.807) is 37.3 Å². The molecule has 2 aliphatic rings. The van der Waals surface area contributed by atoms with Crippen molar-refractivity contribution in [2.24, 2.45) is 0 Å². The molecule has 2 saturated carbocycles. The highest BCUT2D eigenvalue weighted by molar-refractivity contribution is 5.96. The van der Waals surface area contributed by atoms with Gasteiger partial charge in [0.25, 0.3) is 5.91 Å². The summed E-state index contributed by atoms with van der Waals surface area (Å²) in [6.45, 7) is 1.67. The molecule has 4 aromatic rings. The Morgan fingerprint density at radius 2 is 1.78 bits per heavy atom. The number of amides is 2. The summed E-state index contributed by atoms with van der Waals surface area (Å²) in [6, 6.07) is 21.6. The van der Waals surface area contributed by atoms with Crippen LogP contribution in [0.4, 0.5) is 14.9 Å². The van der Waals surface area contributed by atoms with Crippen molar-refractivity contribution in [1.29, 1.82) is 5.26 Å². The monoisotopic (exact) mass is 552 g/mol. The van der Waals surface area contributed by atoms with Gasteiger partial charge in [-0.1, -0.05) is 24.3 Å². The molecule has 2 fully saturated rings. The third kappa shape index (κ3) is 5.87. The number of halogens is 1. The Morgan fingerprint density at radius 1 is 1.05 bits per heavy atom. The predicted molar refractivity (Wildman–Crippen MR) is 152 cm³/mol. The van der Waals surface area contributed by atoms with E-state index in [1.807, 2.05) is 24.3 Å². The van der Waals surface area contributed by atoms with Gasteiger partial charge in [-0.25, -0.2) is 9.18 Å². The Morgan fingerprint density at radius 3 is 2.44 bits per heavy atom. The molecule has 2 aliphatic carbocycles. The number of carbonyl (C=O) groups excluding carboxylic acids is 2. The minimum absolute atomic E-state index is 0.0519. The van der Waals surface area contributed by atoms with Crippen molar-refractivity contribution < 1.29 is 23.5 Å². The van der Waals surface area contributed by atoms with Gasteiger partial charge in [0.05, 0.1) is 16.8 Å². The molecule has 208 valence electrons. The number of hydrogen-bond donors (Lipinski definition) is 2. The normalized spacial score (nSPS) is 15.1. The van der Waals surface area contributed by atoms with Gasteiger partial charge in [0.2, 0.25) is 0 Å². The number of carbonyl (C=O) groups is 2. The number of nitriles is 1. The number of nitrogens with zero attached hydrogens (tertiary/aromatic N) is 2. The van der Waals surface area contributed by atoms with Gasteiger partial charge in [0.1, 0.15) is 23.7 Å². The predicted octanol–water partition coefficient (Wildman–Crippen LogP) is 6.62. The Labute approximate surface area is 236 Å². The average Bonchev–Trinajstić information content (AvgIpc) is 3.91. The first-order chi connectivity index (χ1) is 19.9. The van der Waals surface area contributed by atoms with Crippen LogP contribution in [0.5, 0.6) is 5.75 Å². The standard InChI is InChI=1S/C32H29FN4O4/c1-19(20-2-6-22(33)7-3-20)41-32(39)36-24-8-4-21(5-9-24)31-28(17-34)27-15-14-26(16-29(27)37(31)25-12-13-25)40-18-30(38)35-23-10-11-23/h2-9,14-16,19,23,25H,10-13,18H2,1H3,(H,35,38)(H,36,39). The molecule has 8 nitrogen and oxygen atoms in total. The summed E-state index contributed by atoms with van der Waals surface area (Å²) in [4.78, 5) is 24.6. The minimum atomic E-state index is -0.627. The molecule has 0 aliphatic heterocycles. The molecule has 0 spiro atoms. The van der Waals surface area contributed by atoms with E-state index < -0.39 is 12.2 Å². The van der Waals surface area contributed by atoms with Crippen molar-refractivity contribution >= 4 is 28.6 Å². The molecular formula is C32H29FN4O4. The molecule has 1 unspecified atom stereocenters. The Bertz CT molecular complexity index is 1650. The lowest BCUT2D eigenvalue weighted by Crippen LogP contribution is -2.30. The molecular weight excluding hydrogens is 523 g/mol. The highest BCUT2D eigenvalue weighted by atomic mass is 19.1. The van der Waals surface area contributed by atoms with Crippen molar-refractivity contribution in [1.82, 2.24) is 9.88 Å². The molecule has 2 N–H and O–H groups in total. The van der Waals surface area contributed by atoms with Crippen molar-refractivity contribution in [2.75, 3.05) is 11.9 Å². The van der Waals surface area contributed by atoms with E-state index in [4.69, 9.17) is 9.47 Å². The van der Waals surface area contributed by atoms with Crippen LogP contribution in [-0.4, -0.2) is 29.2 Å². The molecule has 1 heterocycles. The maximum atomic E-state index is 13.2. The van der Waals surface area contributed by atoms with E-state index >= 15 is 0 Å². The zero-order chi connectivity index (χ0) is 28.5. The maximum Gasteiger partial charge on any atom is 0.412 e. The van der Waals surface area contributed by atoms with Gasteiger partial charge in [-0.2, -0.15) is 5.26 Å². The van der Waals surface area contributed by atoms with Crippen LogP contribution in [0.2, 0.25) is 0 Å². The molecule has 0 bridgehead atoms. The molecule has 9 heteroatoms. The van der Waals surface area contributed by atoms with E-state index in [0.29, 0.717) is 22.6 Å². The van der Waals surface area contributed by atoms with Crippen LogP contribution in [0.15, 0.2) is 66.7 Å². The maximum absolute atomic E-state index is 13.2. The number of rotatable bonds is 9. The van der Waals surface area contributed by atoms with Gasteiger partial charge in [-0.15, -0.1) is 0 Å². The fraction of sp³-hybridized carbons (Fsp3) is 0.281. The molecule has 0 saturated heterocycles. The van der Waals surface area contributed by atoms with E-state index in [-0.39, 0.29) is 30.4 Å². The van der Waals surface area contributed by atoms with Gasteiger partial charge in [-0.3, -0.25) is 10.1 Å².